The first-order chi connectivity index (χ1) is 15.6. The van der Waals surface area contributed by atoms with Crippen LogP contribution in [0.5, 0.6) is 0 Å². The quantitative estimate of drug-likeness (QED) is 0.701. The highest BCUT2D eigenvalue weighted by molar-refractivity contribution is 5.86. The van der Waals surface area contributed by atoms with Crippen LogP contribution < -0.4 is 0 Å². The average Bonchev–Trinajstić information content (AvgIpc) is 3.21. The summed E-state index contributed by atoms with van der Waals surface area (Å²) in [5, 5.41) is 3.92. The van der Waals surface area contributed by atoms with Crippen LogP contribution in [0.4, 0.5) is 9.18 Å². The van der Waals surface area contributed by atoms with Crippen LogP contribution in [0.3, 0.4) is 0 Å². The fraction of sp³-hybridized carbons (Fsp3) is 0.565. The van der Waals surface area contributed by atoms with Gasteiger partial charge in [0, 0.05) is 38.7 Å². The maximum atomic E-state index is 13.5. The molecule has 4 heterocycles. The molecule has 33 heavy (non-hydrogen) atoms. The van der Waals surface area contributed by atoms with Crippen molar-refractivity contribution >= 4 is 12.0 Å². The number of rotatable bonds is 3. The molecule has 2 aliphatic rings. The highest BCUT2D eigenvalue weighted by atomic mass is 19.1. The van der Waals surface area contributed by atoms with Crippen molar-refractivity contribution in [3.63, 3.8) is 0 Å². The van der Waals surface area contributed by atoms with Crippen LogP contribution in [0.15, 0.2) is 30.7 Å². The number of nitrogens with zero attached hydrogens (tertiary/aromatic N) is 5. The number of amides is 2. The zero-order valence-electron chi connectivity index (χ0n) is 19.5. The van der Waals surface area contributed by atoms with E-state index in [0.717, 1.165) is 11.8 Å². The number of hydrogen-bond acceptors (Lipinski definition) is 6. The van der Waals surface area contributed by atoms with Crippen molar-refractivity contribution < 1.29 is 23.5 Å². The van der Waals surface area contributed by atoms with Crippen molar-refractivity contribution in [3.05, 3.63) is 42.1 Å². The number of aromatic nitrogens is 3. The van der Waals surface area contributed by atoms with E-state index < -0.39 is 17.0 Å². The van der Waals surface area contributed by atoms with Gasteiger partial charge in [0.25, 0.3) is 5.91 Å². The Balaban J connectivity index is 1.43. The van der Waals surface area contributed by atoms with Crippen LogP contribution in [0.1, 0.15) is 52.1 Å². The predicted octanol–water partition coefficient (Wildman–Crippen LogP) is 3.10. The summed E-state index contributed by atoms with van der Waals surface area (Å²) >= 11 is 0. The molecule has 0 N–H and O–H groups in total. The third kappa shape index (κ3) is 4.85. The van der Waals surface area contributed by atoms with Gasteiger partial charge in [0.15, 0.2) is 11.6 Å². The molecule has 2 aromatic rings. The molecule has 2 aliphatic heterocycles. The standard InChI is InChI=1S/C23H30FN5O4/c1-16(17-5-6-19(25-13-17)29-15-18(24)14-26-29)28-11-12-32-23(20(28)30)7-9-27(10-8-23)21(31)33-22(2,3)4/h5-6,13-16H,7-12H2,1-4H3/t16-/m0/s1. The first kappa shape index (κ1) is 23.2. The summed E-state index contributed by atoms with van der Waals surface area (Å²) in [5.41, 5.74) is -0.626. The van der Waals surface area contributed by atoms with E-state index >= 15 is 0 Å². The van der Waals surface area contributed by atoms with Crippen LogP contribution in [-0.4, -0.2) is 74.0 Å². The van der Waals surface area contributed by atoms with Gasteiger partial charge in [0.2, 0.25) is 0 Å². The molecule has 4 rings (SSSR count). The van der Waals surface area contributed by atoms with E-state index in [0.29, 0.717) is 44.9 Å². The second-order valence-electron chi connectivity index (χ2n) is 9.54. The van der Waals surface area contributed by atoms with E-state index in [1.165, 1.54) is 10.9 Å². The minimum absolute atomic E-state index is 0.0664. The fourth-order valence-electron chi connectivity index (χ4n) is 4.26. The number of likely N-dealkylation sites (tertiary alicyclic amines) is 1. The molecule has 2 fully saturated rings. The van der Waals surface area contributed by atoms with Crippen LogP contribution >= 0.6 is 0 Å². The number of morpholine rings is 1. The van der Waals surface area contributed by atoms with Gasteiger partial charge >= 0.3 is 6.09 Å². The Kier molecular flexibility index (Phi) is 6.13. The first-order valence-corrected chi connectivity index (χ1v) is 11.2. The molecule has 1 atom stereocenters. The third-order valence-electron chi connectivity index (χ3n) is 6.09. The number of halogens is 1. The van der Waals surface area contributed by atoms with Crippen molar-refractivity contribution in [2.45, 2.75) is 57.8 Å². The first-order valence-electron chi connectivity index (χ1n) is 11.2. The molecule has 2 saturated heterocycles. The van der Waals surface area contributed by atoms with Gasteiger partial charge in [0.1, 0.15) is 11.2 Å². The van der Waals surface area contributed by atoms with Gasteiger partial charge in [-0.1, -0.05) is 6.07 Å². The Labute approximate surface area is 192 Å². The molecule has 2 amide bonds. The van der Waals surface area contributed by atoms with E-state index in [-0.39, 0.29) is 18.0 Å². The molecule has 0 aliphatic carbocycles. The summed E-state index contributed by atoms with van der Waals surface area (Å²) in [6.07, 6.45) is 4.55. The summed E-state index contributed by atoms with van der Waals surface area (Å²) in [4.78, 5) is 33.7. The summed E-state index contributed by atoms with van der Waals surface area (Å²) in [6.45, 7) is 9.16. The number of piperidine rings is 1. The van der Waals surface area contributed by atoms with Gasteiger partial charge in [-0.05, 0) is 39.3 Å². The molecule has 2 aromatic heterocycles. The van der Waals surface area contributed by atoms with Crippen molar-refractivity contribution in [2.75, 3.05) is 26.2 Å². The number of hydrogen-bond donors (Lipinski definition) is 0. The lowest BCUT2D eigenvalue weighted by Crippen LogP contribution is -2.61. The second-order valence-corrected chi connectivity index (χ2v) is 9.54. The number of carbonyl (C=O) groups excluding carboxylic acids is 2. The predicted molar refractivity (Wildman–Crippen MR) is 117 cm³/mol. The van der Waals surface area contributed by atoms with E-state index in [1.54, 1.807) is 17.2 Å². The Morgan fingerprint density at radius 1 is 1.21 bits per heavy atom. The van der Waals surface area contributed by atoms with Gasteiger partial charge in [-0.25, -0.2) is 18.9 Å². The molecule has 0 saturated carbocycles. The topological polar surface area (TPSA) is 89.8 Å². The smallest absolute Gasteiger partial charge is 0.410 e. The van der Waals surface area contributed by atoms with Crippen LogP contribution in [0.2, 0.25) is 0 Å². The summed E-state index contributed by atoms with van der Waals surface area (Å²) < 4.78 is 26.1. The Bertz CT molecular complexity index is 1010. The highest BCUT2D eigenvalue weighted by Gasteiger charge is 2.49. The third-order valence-corrected chi connectivity index (χ3v) is 6.09. The lowest BCUT2D eigenvalue weighted by Gasteiger charge is -2.47. The van der Waals surface area contributed by atoms with Crippen molar-refractivity contribution in [2.24, 2.45) is 0 Å². The van der Waals surface area contributed by atoms with Gasteiger partial charge in [-0.15, -0.1) is 0 Å². The molecule has 10 heteroatoms. The minimum Gasteiger partial charge on any atom is -0.444 e. The molecule has 1 spiro atoms. The number of carbonyl (C=O) groups is 2. The van der Waals surface area contributed by atoms with Crippen LogP contribution in [0.25, 0.3) is 5.82 Å². The van der Waals surface area contributed by atoms with E-state index in [4.69, 9.17) is 9.47 Å². The zero-order valence-corrected chi connectivity index (χ0v) is 19.5. The Hall–Kier alpha value is -3.01. The van der Waals surface area contributed by atoms with Crippen molar-refractivity contribution in [3.8, 4) is 5.82 Å². The van der Waals surface area contributed by atoms with E-state index in [9.17, 15) is 14.0 Å². The normalized spacial score (nSPS) is 19.6. The second kappa shape index (κ2) is 8.74. The number of ether oxygens (including phenoxy) is 2. The van der Waals surface area contributed by atoms with E-state index in [2.05, 4.69) is 10.1 Å². The summed E-state index contributed by atoms with van der Waals surface area (Å²) in [5.74, 6) is -0.00590. The molecule has 9 nitrogen and oxygen atoms in total. The van der Waals surface area contributed by atoms with Gasteiger partial charge in [-0.3, -0.25) is 4.79 Å². The lowest BCUT2D eigenvalue weighted by molar-refractivity contribution is -0.182. The molecule has 0 bridgehead atoms. The highest BCUT2D eigenvalue weighted by Crippen LogP contribution is 2.35. The lowest BCUT2D eigenvalue weighted by atomic mass is 9.87. The molecular weight excluding hydrogens is 429 g/mol. The van der Waals surface area contributed by atoms with Gasteiger partial charge in [-0.2, -0.15) is 5.10 Å². The molecular formula is C23H30FN5O4. The Morgan fingerprint density at radius 2 is 1.94 bits per heavy atom. The maximum absolute atomic E-state index is 13.5. The zero-order chi connectivity index (χ0) is 23.8. The average molecular weight is 460 g/mol. The maximum Gasteiger partial charge on any atom is 0.410 e. The van der Waals surface area contributed by atoms with Crippen molar-refractivity contribution in [1.29, 1.82) is 0 Å². The van der Waals surface area contributed by atoms with Crippen LogP contribution in [0, 0.1) is 5.82 Å². The minimum atomic E-state index is -0.926. The molecule has 0 unspecified atom stereocenters. The molecule has 0 aromatic carbocycles. The number of pyridine rings is 1. The monoisotopic (exact) mass is 459 g/mol. The Morgan fingerprint density at radius 3 is 2.52 bits per heavy atom. The summed E-state index contributed by atoms with van der Waals surface area (Å²) in [7, 11) is 0. The molecule has 178 valence electrons. The van der Waals surface area contributed by atoms with Crippen molar-refractivity contribution in [1.82, 2.24) is 24.6 Å². The van der Waals surface area contributed by atoms with E-state index in [1.807, 2.05) is 38.7 Å². The van der Waals surface area contributed by atoms with Gasteiger partial charge in [0.05, 0.1) is 25.0 Å². The summed E-state index contributed by atoms with van der Waals surface area (Å²) in [6, 6.07) is 3.41. The SMILES string of the molecule is C[C@@H](c1ccc(-n2cc(F)cn2)nc1)N1CCOC2(CCN(C(=O)OC(C)(C)C)CC2)C1=O. The van der Waals surface area contributed by atoms with Gasteiger partial charge < -0.3 is 19.3 Å². The van der Waals surface area contributed by atoms with Crippen LogP contribution in [-0.2, 0) is 14.3 Å². The molecule has 0 radical (unpaired) electrons. The fourth-order valence-corrected chi connectivity index (χ4v) is 4.26. The largest absolute Gasteiger partial charge is 0.444 e.